The van der Waals surface area contributed by atoms with Gasteiger partial charge in [0.2, 0.25) is 5.91 Å². The molecule has 0 radical (unpaired) electrons. The number of hydrogen-bond acceptors (Lipinski definition) is 4. The fourth-order valence-corrected chi connectivity index (χ4v) is 3.72. The van der Waals surface area contributed by atoms with Crippen LogP contribution in [0.25, 0.3) is 0 Å². The van der Waals surface area contributed by atoms with E-state index >= 15 is 0 Å². The number of piperidine rings is 1. The number of aromatic amines is 2. The van der Waals surface area contributed by atoms with Gasteiger partial charge in [-0.15, -0.1) is 0 Å². The number of H-pyrrole nitrogens is 2. The van der Waals surface area contributed by atoms with E-state index in [0.29, 0.717) is 25.4 Å². The summed E-state index contributed by atoms with van der Waals surface area (Å²) in [5, 5.41) is 6.45. The SMILES string of the molecule is O=C(C1CCOc2ccccc21)N1CCCCC1c1n[nH]c(=O)[nH]1. The number of ether oxygens (including phenoxy) is 1. The average molecular weight is 328 g/mol. The molecule has 7 nitrogen and oxygen atoms in total. The minimum absolute atomic E-state index is 0.0966. The molecule has 2 unspecified atom stereocenters. The second kappa shape index (κ2) is 6.14. The molecule has 24 heavy (non-hydrogen) atoms. The fraction of sp³-hybridized carbons (Fsp3) is 0.471. The van der Waals surface area contributed by atoms with Crippen LogP contribution in [0.15, 0.2) is 29.1 Å². The van der Waals surface area contributed by atoms with Gasteiger partial charge in [0.25, 0.3) is 0 Å². The van der Waals surface area contributed by atoms with Gasteiger partial charge in [-0.25, -0.2) is 9.89 Å². The first-order valence-electron chi connectivity index (χ1n) is 8.41. The van der Waals surface area contributed by atoms with Gasteiger partial charge in [0.15, 0.2) is 5.82 Å². The highest BCUT2D eigenvalue weighted by atomic mass is 16.5. The van der Waals surface area contributed by atoms with Crippen LogP contribution < -0.4 is 10.4 Å². The molecule has 0 bridgehead atoms. The Kier molecular flexibility index (Phi) is 3.84. The number of carbonyl (C=O) groups is 1. The number of aromatic nitrogens is 3. The summed E-state index contributed by atoms with van der Waals surface area (Å²) in [5.41, 5.74) is 0.618. The second-order valence-corrected chi connectivity index (χ2v) is 6.33. The molecule has 2 aliphatic rings. The fourth-order valence-electron chi connectivity index (χ4n) is 3.72. The van der Waals surface area contributed by atoms with E-state index in [1.54, 1.807) is 0 Å². The molecule has 4 rings (SSSR count). The van der Waals surface area contributed by atoms with Gasteiger partial charge in [-0.3, -0.25) is 9.78 Å². The predicted molar refractivity (Wildman–Crippen MR) is 86.8 cm³/mol. The first-order chi connectivity index (χ1) is 11.7. The Balaban J connectivity index is 1.64. The first kappa shape index (κ1) is 15.0. The summed E-state index contributed by atoms with van der Waals surface area (Å²) in [6, 6.07) is 7.57. The molecule has 0 aliphatic carbocycles. The highest BCUT2D eigenvalue weighted by molar-refractivity contribution is 5.85. The third-order valence-corrected chi connectivity index (χ3v) is 4.88. The van der Waals surface area contributed by atoms with E-state index in [1.165, 1.54) is 0 Å². The number of nitrogens with one attached hydrogen (secondary N) is 2. The Morgan fingerprint density at radius 2 is 2.12 bits per heavy atom. The maximum atomic E-state index is 13.2. The van der Waals surface area contributed by atoms with Crippen molar-refractivity contribution in [2.24, 2.45) is 0 Å². The molecule has 1 amide bonds. The van der Waals surface area contributed by atoms with Crippen LogP contribution in [-0.2, 0) is 4.79 Å². The molecule has 2 aliphatic heterocycles. The summed E-state index contributed by atoms with van der Waals surface area (Å²) in [4.78, 5) is 29.2. The van der Waals surface area contributed by atoms with Gasteiger partial charge in [0.05, 0.1) is 18.6 Å². The van der Waals surface area contributed by atoms with Gasteiger partial charge in [-0.1, -0.05) is 18.2 Å². The lowest BCUT2D eigenvalue weighted by Crippen LogP contribution is -2.42. The molecule has 2 atom stereocenters. The zero-order valence-electron chi connectivity index (χ0n) is 13.3. The van der Waals surface area contributed by atoms with Crippen molar-refractivity contribution in [3.63, 3.8) is 0 Å². The minimum atomic E-state index is -0.334. The van der Waals surface area contributed by atoms with Gasteiger partial charge in [0, 0.05) is 12.1 Å². The number of benzene rings is 1. The van der Waals surface area contributed by atoms with Crippen molar-refractivity contribution in [3.05, 3.63) is 46.1 Å². The number of para-hydroxylation sites is 1. The number of likely N-dealkylation sites (tertiary alicyclic amines) is 1. The lowest BCUT2D eigenvalue weighted by atomic mass is 9.90. The third-order valence-electron chi connectivity index (χ3n) is 4.88. The second-order valence-electron chi connectivity index (χ2n) is 6.33. The van der Waals surface area contributed by atoms with Crippen molar-refractivity contribution in [1.29, 1.82) is 0 Å². The van der Waals surface area contributed by atoms with Crippen LogP contribution in [0.1, 0.15) is 49.0 Å². The van der Waals surface area contributed by atoms with Gasteiger partial charge in [-0.2, -0.15) is 5.10 Å². The molecule has 2 aromatic rings. The van der Waals surface area contributed by atoms with E-state index in [0.717, 1.165) is 30.6 Å². The largest absolute Gasteiger partial charge is 0.493 e. The van der Waals surface area contributed by atoms with Gasteiger partial charge in [-0.05, 0) is 31.7 Å². The highest BCUT2D eigenvalue weighted by Crippen LogP contribution is 2.38. The number of nitrogens with zero attached hydrogens (tertiary/aromatic N) is 2. The van der Waals surface area contributed by atoms with E-state index in [9.17, 15) is 9.59 Å². The van der Waals surface area contributed by atoms with Crippen molar-refractivity contribution >= 4 is 5.91 Å². The van der Waals surface area contributed by atoms with Crippen molar-refractivity contribution in [1.82, 2.24) is 20.1 Å². The van der Waals surface area contributed by atoms with E-state index in [-0.39, 0.29) is 23.6 Å². The van der Waals surface area contributed by atoms with E-state index < -0.39 is 0 Å². The van der Waals surface area contributed by atoms with Crippen molar-refractivity contribution in [3.8, 4) is 5.75 Å². The van der Waals surface area contributed by atoms with Crippen molar-refractivity contribution in [2.45, 2.75) is 37.6 Å². The molecule has 0 spiro atoms. The van der Waals surface area contributed by atoms with Gasteiger partial charge < -0.3 is 9.64 Å². The topological polar surface area (TPSA) is 91.1 Å². The smallest absolute Gasteiger partial charge is 0.340 e. The van der Waals surface area contributed by atoms with Gasteiger partial charge in [0.1, 0.15) is 5.75 Å². The maximum Gasteiger partial charge on any atom is 0.340 e. The minimum Gasteiger partial charge on any atom is -0.493 e. The third kappa shape index (κ3) is 2.60. The van der Waals surface area contributed by atoms with Crippen LogP contribution in [0.4, 0.5) is 0 Å². The molecular formula is C17H20N4O3. The number of amides is 1. The lowest BCUT2D eigenvalue weighted by Gasteiger charge is -2.37. The number of fused-ring (bicyclic) bond motifs is 1. The normalized spacial score (nSPS) is 23.4. The zero-order valence-corrected chi connectivity index (χ0v) is 13.3. The molecule has 1 saturated heterocycles. The van der Waals surface area contributed by atoms with Crippen LogP contribution in [-0.4, -0.2) is 39.1 Å². The number of carbonyl (C=O) groups excluding carboxylic acids is 1. The van der Waals surface area contributed by atoms with E-state index in [4.69, 9.17) is 4.74 Å². The summed E-state index contributed by atoms with van der Waals surface area (Å²) < 4.78 is 5.67. The molecule has 2 N–H and O–H groups in total. The van der Waals surface area contributed by atoms with E-state index in [2.05, 4.69) is 15.2 Å². The molecule has 1 fully saturated rings. The molecule has 1 aromatic carbocycles. The van der Waals surface area contributed by atoms with Crippen LogP contribution in [0.5, 0.6) is 5.75 Å². The van der Waals surface area contributed by atoms with Crippen LogP contribution in [0, 0.1) is 0 Å². The first-order valence-corrected chi connectivity index (χ1v) is 8.41. The lowest BCUT2D eigenvalue weighted by molar-refractivity contribution is -0.137. The quantitative estimate of drug-likeness (QED) is 0.878. The molecule has 126 valence electrons. The predicted octanol–water partition coefficient (Wildman–Crippen LogP) is 1.72. The summed E-state index contributed by atoms with van der Waals surface area (Å²) >= 11 is 0. The summed E-state index contributed by atoms with van der Waals surface area (Å²) in [5.74, 6) is 1.25. The molecule has 3 heterocycles. The number of rotatable bonds is 2. The van der Waals surface area contributed by atoms with Crippen molar-refractivity contribution in [2.75, 3.05) is 13.2 Å². The Hall–Kier alpha value is -2.57. The Morgan fingerprint density at radius 3 is 2.96 bits per heavy atom. The Morgan fingerprint density at radius 1 is 1.25 bits per heavy atom. The van der Waals surface area contributed by atoms with Crippen LogP contribution >= 0.6 is 0 Å². The highest BCUT2D eigenvalue weighted by Gasteiger charge is 2.36. The molecular weight excluding hydrogens is 308 g/mol. The Labute approximate surface area is 139 Å². The van der Waals surface area contributed by atoms with Crippen molar-refractivity contribution < 1.29 is 9.53 Å². The Bertz CT molecular complexity index is 797. The zero-order chi connectivity index (χ0) is 16.5. The summed E-state index contributed by atoms with van der Waals surface area (Å²) in [6.45, 7) is 1.24. The molecule has 0 saturated carbocycles. The van der Waals surface area contributed by atoms with Crippen LogP contribution in [0.3, 0.4) is 0 Å². The number of hydrogen-bond donors (Lipinski definition) is 2. The average Bonchev–Trinajstić information content (AvgIpc) is 3.07. The summed E-state index contributed by atoms with van der Waals surface area (Å²) in [6.07, 6.45) is 3.49. The van der Waals surface area contributed by atoms with Crippen LogP contribution in [0.2, 0.25) is 0 Å². The maximum absolute atomic E-state index is 13.2. The summed E-state index contributed by atoms with van der Waals surface area (Å²) in [7, 11) is 0. The van der Waals surface area contributed by atoms with Gasteiger partial charge >= 0.3 is 5.69 Å². The van der Waals surface area contributed by atoms with E-state index in [1.807, 2.05) is 29.2 Å². The molecule has 7 heteroatoms. The standard InChI is InChI=1S/C17H20N4O3/c22-16(12-8-10-24-14-7-2-1-5-11(12)14)21-9-4-3-6-13(21)15-18-17(23)20-19-15/h1-2,5,7,12-13H,3-4,6,8-10H2,(H2,18,19,20,23). The monoisotopic (exact) mass is 328 g/mol. The molecule has 1 aromatic heterocycles.